The van der Waals surface area contributed by atoms with E-state index in [1.807, 2.05) is 4.90 Å². The number of rotatable bonds is 2. The largest absolute Gasteiger partial charge is 0.423 e. The van der Waals surface area contributed by atoms with E-state index in [1.165, 1.54) is 6.42 Å². The monoisotopic (exact) mass is 286 g/mol. The van der Waals surface area contributed by atoms with E-state index in [4.69, 9.17) is 14.9 Å². The van der Waals surface area contributed by atoms with Gasteiger partial charge < -0.3 is 19.8 Å². The Balaban J connectivity index is 1.61. The number of nitrogens with two attached hydrogens (primary N) is 1. The quantitative estimate of drug-likeness (QED) is 0.904. The Morgan fingerprint density at radius 1 is 1.43 bits per heavy atom. The number of ether oxygens (including phenoxy) is 1. The highest BCUT2D eigenvalue weighted by Gasteiger charge is 2.46. The van der Waals surface area contributed by atoms with Crippen molar-refractivity contribution in [3.8, 4) is 0 Å². The van der Waals surface area contributed by atoms with Crippen molar-refractivity contribution in [3.05, 3.63) is 23.8 Å². The lowest BCUT2D eigenvalue weighted by Crippen LogP contribution is -2.64. The summed E-state index contributed by atoms with van der Waals surface area (Å²) >= 11 is 0. The lowest BCUT2D eigenvalue weighted by Gasteiger charge is -2.50. The first-order chi connectivity index (χ1) is 10.2. The van der Waals surface area contributed by atoms with E-state index in [2.05, 4.69) is 11.1 Å². The number of anilines is 1. The van der Waals surface area contributed by atoms with Crippen LogP contribution >= 0.6 is 0 Å². The molecule has 2 saturated heterocycles. The Morgan fingerprint density at radius 2 is 2.29 bits per heavy atom. The normalized spacial score (nSPS) is 20.7. The van der Waals surface area contributed by atoms with Gasteiger partial charge in [0.25, 0.3) is 11.9 Å². The maximum absolute atomic E-state index is 11.4. The molecular weight excluding hydrogens is 270 g/mol. The second kappa shape index (κ2) is 4.46. The van der Waals surface area contributed by atoms with E-state index in [9.17, 15) is 4.79 Å². The Bertz CT molecular complexity index is 695. The highest BCUT2D eigenvalue weighted by molar-refractivity contribution is 6.03. The Morgan fingerprint density at radius 3 is 3.00 bits per heavy atom. The molecule has 21 heavy (non-hydrogen) atoms. The predicted molar refractivity (Wildman–Crippen MR) is 76.1 cm³/mol. The van der Waals surface area contributed by atoms with Gasteiger partial charge in [-0.25, -0.2) is 0 Å². The van der Waals surface area contributed by atoms with Crippen LogP contribution in [-0.2, 0) is 4.74 Å². The SMILES string of the molecule is NC(=O)c1[c]ccc2oc(N3CC4(CCCCO4)C3)nc12. The van der Waals surface area contributed by atoms with Crippen molar-refractivity contribution in [2.45, 2.75) is 24.9 Å². The molecule has 2 aromatic rings. The Hall–Kier alpha value is -2.08. The summed E-state index contributed by atoms with van der Waals surface area (Å²) in [7, 11) is 0. The zero-order valence-corrected chi connectivity index (χ0v) is 11.6. The molecular formula is C15H16N3O3. The van der Waals surface area contributed by atoms with Crippen molar-refractivity contribution < 1.29 is 13.9 Å². The van der Waals surface area contributed by atoms with E-state index >= 15 is 0 Å². The Labute approximate surface area is 121 Å². The summed E-state index contributed by atoms with van der Waals surface area (Å²) in [5.41, 5.74) is 6.61. The smallest absolute Gasteiger partial charge is 0.298 e. The van der Waals surface area contributed by atoms with Gasteiger partial charge in [-0.1, -0.05) is 0 Å². The predicted octanol–water partition coefficient (Wildman–Crippen LogP) is 1.49. The molecule has 2 fully saturated rings. The third kappa shape index (κ3) is 1.98. The molecule has 2 N–H and O–H groups in total. The molecule has 1 radical (unpaired) electrons. The summed E-state index contributed by atoms with van der Waals surface area (Å²) < 4.78 is 11.6. The van der Waals surface area contributed by atoms with E-state index in [-0.39, 0.29) is 11.2 Å². The summed E-state index contributed by atoms with van der Waals surface area (Å²) in [6.45, 7) is 2.41. The molecule has 0 atom stereocenters. The van der Waals surface area contributed by atoms with Gasteiger partial charge in [-0.15, -0.1) is 0 Å². The molecule has 2 aliphatic heterocycles. The molecule has 109 valence electrons. The van der Waals surface area contributed by atoms with E-state index in [0.717, 1.165) is 32.5 Å². The van der Waals surface area contributed by atoms with Gasteiger partial charge in [-0.2, -0.15) is 4.98 Å². The van der Waals surface area contributed by atoms with Crippen LogP contribution in [0.1, 0.15) is 29.6 Å². The van der Waals surface area contributed by atoms with Crippen molar-refractivity contribution in [1.29, 1.82) is 0 Å². The number of hydrogen-bond acceptors (Lipinski definition) is 5. The molecule has 1 aromatic heterocycles. The van der Waals surface area contributed by atoms with Crippen LogP contribution in [0.5, 0.6) is 0 Å². The van der Waals surface area contributed by atoms with Crippen LogP contribution in [0.25, 0.3) is 11.1 Å². The average Bonchev–Trinajstić information content (AvgIpc) is 2.88. The van der Waals surface area contributed by atoms with Gasteiger partial charge in [0, 0.05) is 6.61 Å². The van der Waals surface area contributed by atoms with Gasteiger partial charge in [-0.3, -0.25) is 4.79 Å². The number of amides is 1. The molecule has 0 unspecified atom stereocenters. The van der Waals surface area contributed by atoms with Crippen LogP contribution < -0.4 is 10.6 Å². The molecule has 3 heterocycles. The first-order valence-electron chi connectivity index (χ1n) is 7.17. The number of aromatic nitrogens is 1. The van der Waals surface area contributed by atoms with Gasteiger partial charge in [0.1, 0.15) is 11.1 Å². The van der Waals surface area contributed by atoms with Crippen molar-refractivity contribution in [3.63, 3.8) is 0 Å². The van der Waals surface area contributed by atoms with E-state index in [1.54, 1.807) is 12.1 Å². The lowest BCUT2D eigenvalue weighted by molar-refractivity contribution is -0.0962. The number of nitrogens with zero attached hydrogens (tertiary/aromatic N) is 2. The fourth-order valence-electron chi connectivity index (χ4n) is 3.15. The second-order valence-corrected chi connectivity index (χ2v) is 5.77. The molecule has 6 nitrogen and oxygen atoms in total. The molecule has 1 amide bonds. The number of benzene rings is 1. The van der Waals surface area contributed by atoms with Crippen molar-refractivity contribution in [2.24, 2.45) is 5.73 Å². The maximum atomic E-state index is 11.4. The highest BCUT2D eigenvalue weighted by Crippen LogP contribution is 2.37. The third-order valence-corrected chi connectivity index (χ3v) is 4.25. The minimum absolute atomic E-state index is 0.0302. The molecule has 0 saturated carbocycles. The van der Waals surface area contributed by atoms with Crippen LogP contribution in [-0.4, -0.2) is 36.2 Å². The highest BCUT2D eigenvalue weighted by atomic mass is 16.5. The topological polar surface area (TPSA) is 81.6 Å². The molecule has 0 aliphatic carbocycles. The minimum Gasteiger partial charge on any atom is -0.423 e. The first kappa shape index (κ1) is 12.6. The molecule has 1 spiro atoms. The molecule has 4 rings (SSSR count). The standard InChI is InChI=1S/C15H16N3O3/c16-13(19)10-4-3-5-11-12(10)17-14(21-11)18-8-15(9-18)6-1-2-7-20-15/h3,5H,1-2,6-9H2,(H2,16,19). The molecule has 2 aliphatic rings. The zero-order valence-electron chi connectivity index (χ0n) is 11.6. The number of carbonyl (C=O) groups excluding carboxylic acids is 1. The fourth-order valence-corrected chi connectivity index (χ4v) is 3.15. The summed E-state index contributed by atoms with van der Waals surface area (Å²) in [5.74, 6) is -0.545. The number of fused-ring (bicyclic) bond motifs is 1. The van der Waals surface area contributed by atoms with Gasteiger partial charge in [0.2, 0.25) is 0 Å². The van der Waals surface area contributed by atoms with Crippen molar-refractivity contribution in [1.82, 2.24) is 4.98 Å². The average molecular weight is 286 g/mol. The number of hydrogen-bond donors (Lipinski definition) is 1. The van der Waals surface area contributed by atoms with Crippen LogP contribution in [0.2, 0.25) is 0 Å². The van der Waals surface area contributed by atoms with Crippen molar-refractivity contribution >= 4 is 23.0 Å². The third-order valence-electron chi connectivity index (χ3n) is 4.25. The second-order valence-electron chi connectivity index (χ2n) is 5.77. The van der Waals surface area contributed by atoms with Gasteiger partial charge in [-0.05, 0) is 37.5 Å². The number of primary amides is 1. The summed E-state index contributed by atoms with van der Waals surface area (Å²) in [5, 5.41) is 0. The number of oxazole rings is 1. The van der Waals surface area contributed by atoms with E-state index < -0.39 is 5.91 Å². The van der Waals surface area contributed by atoms with E-state index in [0.29, 0.717) is 17.1 Å². The van der Waals surface area contributed by atoms with Gasteiger partial charge in [0.05, 0.1) is 18.7 Å². The summed E-state index contributed by atoms with van der Waals surface area (Å²) in [6, 6.07) is 6.70. The van der Waals surface area contributed by atoms with Crippen LogP contribution in [0.3, 0.4) is 0 Å². The van der Waals surface area contributed by atoms with Crippen LogP contribution in [0, 0.1) is 6.07 Å². The summed E-state index contributed by atoms with van der Waals surface area (Å²) in [6.07, 6.45) is 3.44. The molecule has 1 aromatic carbocycles. The van der Waals surface area contributed by atoms with Crippen molar-refractivity contribution in [2.75, 3.05) is 24.6 Å². The fraction of sp³-hybridized carbons (Fsp3) is 0.467. The first-order valence-corrected chi connectivity index (χ1v) is 7.17. The zero-order chi connectivity index (χ0) is 14.4. The number of carbonyl (C=O) groups is 1. The minimum atomic E-state index is -0.545. The lowest BCUT2D eigenvalue weighted by atomic mass is 9.86. The molecule has 0 bridgehead atoms. The summed E-state index contributed by atoms with van der Waals surface area (Å²) in [4.78, 5) is 17.8. The van der Waals surface area contributed by atoms with Gasteiger partial charge in [0.15, 0.2) is 5.58 Å². The van der Waals surface area contributed by atoms with Crippen LogP contribution in [0.15, 0.2) is 16.5 Å². The Kier molecular flexibility index (Phi) is 2.68. The maximum Gasteiger partial charge on any atom is 0.298 e. The van der Waals surface area contributed by atoms with Crippen LogP contribution in [0.4, 0.5) is 6.01 Å². The molecule has 6 heteroatoms. The van der Waals surface area contributed by atoms with Gasteiger partial charge >= 0.3 is 0 Å².